The predicted molar refractivity (Wildman–Crippen MR) is 160 cm³/mol. The number of hydrogen-bond acceptors (Lipinski definition) is 9. The molecule has 0 amide bonds. The Balaban J connectivity index is 1.46. The normalized spacial score (nSPS) is 13.8. The molecule has 0 saturated carbocycles. The Morgan fingerprint density at radius 3 is 2.61 bits per heavy atom. The zero-order chi connectivity index (χ0) is 24.9. The molecule has 1 fully saturated rings. The van der Waals surface area contributed by atoms with Crippen molar-refractivity contribution in [3.8, 4) is 5.75 Å². The Morgan fingerprint density at radius 1 is 1.00 bits per heavy atom. The van der Waals surface area contributed by atoms with E-state index in [1.807, 2.05) is 30.3 Å². The molecule has 184 valence electrons. The van der Waals surface area contributed by atoms with Crippen LogP contribution in [0.5, 0.6) is 5.75 Å². The Hall–Kier alpha value is -2.78. The van der Waals surface area contributed by atoms with Gasteiger partial charge in [0.1, 0.15) is 5.75 Å². The zero-order valence-electron chi connectivity index (χ0n) is 19.4. The highest BCUT2D eigenvalue weighted by molar-refractivity contribution is 14.1. The van der Waals surface area contributed by atoms with Gasteiger partial charge in [-0.05, 0) is 68.8 Å². The van der Waals surface area contributed by atoms with E-state index in [4.69, 9.17) is 14.5 Å². The van der Waals surface area contributed by atoms with Gasteiger partial charge in [-0.15, -0.1) is 0 Å². The summed E-state index contributed by atoms with van der Waals surface area (Å²) in [6.07, 6.45) is 1.71. The molecule has 36 heavy (non-hydrogen) atoms. The lowest BCUT2D eigenvalue weighted by Gasteiger charge is -2.27. The van der Waals surface area contributed by atoms with Crippen molar-refractivity contribution < 1.29 is 9.47 Å². The first-order chi connectivity index (χ1) is 17.6. The SMILES string of the molecule is COc1c(I)cc(I)cc1C=NNc1nc(Nc2cccc3ccccc23)nc(N2CCOCC2)n1. The summed E-state index contributed by atoms with van der Waals surface area (Å²) < 4.78 is 13.2. The predicted octanol–water partition coefficient (Wildman–Crippen LogP) is 5.27. The molecular formula is C25H23I2N7O2. The molecule has 11 heteroatoms. The lowest BCUT2D eigenvalue weighted by molar-refractivity contribution is 0.122. The quantitative estimate of drug-likeness (QED) is 0.153. The van der Waals surface area contributed by atoms with Crippen LogP contribution in [0.4, 0.5) is 23.5 Å². The molecular weight excluding hydrogens is 684 g/mol. The van der Waals surface area contributed by atoms with Crippen LogP contribution in [-0.4, -0.2) is 54.6 Å². The van der Waals surface area contributed by atoms with Crippen LogP contribution in [0.15, 0.2) is 59.7 Å². The number of halogens is 2. The summed E-state index contributed by atoms with van der Waals surface area (Å²) in [7, 11) is 1.65. The molecule has 9 nitrogen and oxygen atoms in total. The molecule has 0 spiro atoms. The average Bonchev–Trinajstić information content (AvgIpc) is 2.89. The van der Waals surface area contributed by atoms with Crippen LogP contribution < -0.4 is 20.4 Å². The van der Waals surface area contributed by atoms with Crippen molar-refractivity contribution in [2.24, 2.45) is 5.10 Å². The number of methoxy groups -OCH3 is 1. The topological polar surface area (TPSA) is 96.8 Å². The minimum Gasteiger partial charge on any atom is -0.495 e. The molecule has 0 radical (unpaired) electrons. The number of rotatable bonds is 7. The van der Waals surface area contributed by atoms with Gasteiger partial charge in [0.05, 0.1) is 30.1 Å². The van der Waals surface area contributed by atoms with Crippen molar-refractivity contribution in [2.45, 2.75) is 0 Å². The second kappa shape index (κ2) is 11.5. The summed E-state index contributed by atoms with van der Waals surface area (Å²) in [5.74, 6) is 2.10. The highest BCUT2D eigenvalue weighted by Gasteiger charge is 2.17. The van der Waals surface area contributed by atoms with Crippen LogP contribution in [0, 0.1) is 7.14 Å². The van der Waals surface area contributed by atoms with Crippen molar-refractivity contribution in [3.05, 3.63) is 67.3 Å². The largest absolute Gasteiger partial charge is 0.495 e. The van der Waals surface area contributed by atoms with E-state index in [-0.39, 0.29) is 0 Å². The number of nitrogens with one attached hydrogen (secondary N) is 2. The standard InChI is InChI=1S/C25H23I2N7O2/c1-35-22-17(13-18(26)14-20(22)27)15-28-33-24-30-23(31-25(32-24)34-9-11-36-12-10-34)29-21-8-4-6-16-5-2-3-7-19(16)21/h2-8,13-15H,9-12H2,1H3,(H2,29,30,31,32,33). The summed E-state index contributed by atoms with van der Waals surface area (Å²) in [5.41, 5.74) is 4.75. The number of nitrogens with zero attached hydrogens (tertiary/aromatic N) is 5. The van der Waals surface area contributed by atoms with E-state index in [2.05, 4.69) is 100 Å². The third-order valence-electron chi connectivity index (χ3n) is 5.56. The number of hydrazone groups is 1. The van der Waals surface area contributed by atoms with E-state index in [1.165, 1.54) is 0 Å². The van der Waals surface area contributed by atoms with E-state index < -0.39 is 0 Å². The number of anilines is 4. The van der Waals surface area contributed by atoms with Crippen LogP contribution in [0.3, 0.4) is 0 Å². The first-order valence-corrected chi connectivity index (χ1v) is 13.4. The van der Waals surface area contributed by atoms with Crippen molar-refractivity contribution in [1.82, 2.24) is 15.0 Å². The molecule has 0 aliphatic carbocycles. The lowest BCUT2D eigenvalue weighted by Crippen LogP contribution is -2.37. The summed E-state index contributed by atoms with van der Waals surface area (Å²) >= 11 is 4.53. The monoisotopic (exact) mass is 707 g/mol. The number of benzene rings is 3. The number of morpholine rings is 1. The van der Waals surface area contributed by atoms with Gasteiger partial charge in [-0.1, -0.05) is 36.4 Å². The molecule has 5 rings (SSSR count). The molecule has 1 aromatic heterocycles. The molecule has 3 aromatic carbocycles. The average molecular weight is 707 g/mol. The highest BCUT2D eigenvalue weighted by Crippen LogP contribution is 2.28. The first kappa shape index (κ1) is 24.9. The minimum absolute atomic E-state index is 0.338. The van der Waals surface area contributed by atoms with Crippen LogP contribution >= 0.6 is 45.2 Å². The van der Waals surface area contributed by atoms with E-state index >= 15 is 0 Å². The number of hydrogen-bond donors (Lipinski definition) is 2. The fourth-order valence-corrected chi connectivity index (χ4v) is 5.99. The zero-order valence-corrected chi connectivity index (χ0v) is 23.7. The number of aromatic nitrogens is 3. The molecule has 0 unspecified atom stereocenters. The van der Waals surface area contributed by atoms with Gasteiger partial charge >= 0.3 is 0 Å². The van der Waals surface area contributed by atoms with E-state index in [0.717, 1.165) is 34.9 Å². The molecule has 0 bridgehead atoms. The summed E-state index contributed by atoms with van der Waals surface area (Å²) in [5, 5.41) is 9.99. The maximum absolute atomic E-state index is 5.55. The van der Waals surface area contributed by atoms with Gasteiger partial charge in [-0.25, -0.2) is 5.43 Å². The van der Waals surface area contributed by atoms with Crippen LogP contribution in [0.25, 0.3) is 10.8 Å². The van der Waals surface area contributed by atoms with Crippen molar-refractivity contribution in [3.63, 3.8) is 0 Å². The minimum atomic E-state index is 0.338. The lowest BCUT2D eigenvalue weighted by atomic mass is 10.1. The third-order valence-corrected chi connectivity index (χ3v) is 6.99. The summed E-state index contributed by atoms with van der Waals surface area (Å²) in [6, 6.07) is 18.3. The molecule has 2 N–H and O–H groups in total. The molecule has 0 atom stereocenters. The molecule has 4 aromatic rings. The molecule has 1 saturated heterocycles. The smallest absolute Gasteiger partial charge is 0.250 e. The highest BCUT2D eigenvalue weighted by atomic mass is 127. The Labute approximate surface area is 236 Å². The number of ether oxygens (including phenoxy) is 2. The summed E-state index contributed by atoms with van der Waals surface area (Å²) in [4.78, 5) is 16.0. The Bertz CT molecular complexity index is 1410. The van der Waals surface area contributed by atoms with E-state index in [9.17, 15) is 0 Å². The summed E-state index contributed by atoms with van der Waals surface area (Å²) in [6.45, 7) is 2.67. The van der Waals surface area contributed by atoms with Gasteiger partial charge in [-0.2, -0.15) is 20.1 Å². The van der Waals surface area contributed by atoms with Crippen LogP contribution in [0.1, 0.15) is 5.56 Å². The van der Waals surface area contributed by atoms with Crippen molar-refractivity contribution in [1.29, 1.82) is 0 Å². The van der Waals surface area contributed by atoms with Crippen LogP contribution in [-0.2, 0) is 4.74 Å². The van der Waals surface area contributed by atoms with Gasteiger partial charge in [-0.3, -0.25) is 0 Å². The molecule has 1 aliphatic heterocycles. The molecule has 2 heterocycles. The second-order valence-corrected chi connectivity index (χ2v) is 10.3. The van der Waals surface area contributed by atoms with Crippen LogP contribution in [0.2, 0.25) is 0 Å². The number of fused-ring (bicyclic) bond motifs is 1. The van der Waals surface area contributed by atoms with Gasteiger partial charge in [0, 0.05) is 33.3 Å². The van der Waals surface area contributed by atoms with E-state index in [0.29, 0.717) is 44.1 Å². The van der Waals surface area contributed by atoms with Crippen molar-refractivity contribution in [2.75, 3.05) is 49.1 Å². The maximum Gasteiger partial charge on any atom is 0.250 e. The fraction of sp³-hybridized carbons (Fsp3) is 0.200. The Kier molecular flexibility index (Phi) is 7.96. The maximum atomic E-state index is 5.55. The first-order valence-electron chi connectivity index (χ1n) is 11.3. The second-order valence-electron chi connectivity index (χ2n) is 7.91. The Morgan fingerprint density at radius 2 is 1.78 bits per heavy atom. The van der Waals surface area contributed by atoms with Gasteiger partial charge < -0.3 is 19.7 Å². The van der Waals surface area contributed by atoms with Gasteiger partial charge in [0.15, 0.2) is 0 Å². The fourth-order valence-electron chi connectivity index (χ4n) is 3.88. The van der Waals surface area contributed by atoms with Gasteiger partial charge in [0.25, 0.3) is 0 Å². The van der Waals surface area contributed by atoms with Crippen molar-refractivity contribution >= 4 is 85.7 Å². The van der Waals surface area contributed by atoms with E-state index in [1.54, 1.807) is 13.3 Å². The third kappa shape index (κ3) is 5.78. The van der Waals surface area contributed by atoms with Gasteiger partial charge in [0.2, 0.25) is 17.8 Å². The molecule has 1 aliphatic rings.